The molecular weight excluding hydrogens is 326 g/mol. The van der Waals surface area contributed by atoms with Gasteiger partial charge in [-0.2, -0.15) is 0 Å². The summed E-state index contributed by atoms with van der Waals surface area (Å²) in [6.45, 7) is 2.05. The van der Waals surface area contributed by atoms with Crippen LogP contribution in [0.3, 0.4) is 0 Å². The fourth-order valence-corrected chi connectivity index (χ4v) is 3.25. The van der Waals surface area contributed by atoms with E-state index in [0.717, 1.165) is 59.7 Å². The number of anilines is 2. The summed E-state index contributed by atoms with van der Waals surface area (Å²) in [6.07, 6.45) is 4.27. The van der Waals surface area contributed by atoms with E-state index in [1.807, 2.05) is 42.6 Å². The first kappa shape index (κ1) is 16.7. The Morgan fingerprint density at radius 2 is 1.88 bits per heavy atom. The van der Waals surface area contributed by atoms with Crippen molar-refractivity contribution in [2.75, 3.05) is 25.5 Å². The second-order valence-corrected chi connectivity index (χ2v) is 6.47. The number of rotatable bonds is 5. The highest BCUT2D eigenvalue weighted by Crippen LogP contribution is 2.29. The van der Waals surface area contributed by atoms with Crippen LogP contribution in [0.5, 0.6) is 11.5 Å². The highest BCUT2D eigenvalue weighted by Gasteiger charge is 2.14. The molecule has 1 aliphatic rings. The van der Waals surface area contributed by atoms with E-state index in [9.17, 15) is 0 Å². The van der Waals surface area contributed by atoms with E-state index in [1.165, 1.54) is 0 Å². The molecule has 1 saturated heterocycles. The Balaban J connectivity index is 1.57. The molecule has 5 heteroatoms. The van der Waals surface area contributed by atoms with Crippen LogP contribution in [-0.2, 0) is 0 Å². The first-order valence-electron chi connectivity index (χ1n) is 8.99. The molecule has 2 N–H and O–H groups in total. The van der Waals surface area contributed by atoms with Crippen molar-refractivity contribution in [2.24, 2.45) is 0 Å². The molecule has 0 aliphatic carbocycles. The van der Waals surface area contributed by atoms with Gasteiger partial charge in [0, 0.05) is 11.6 Å². The van der Waals surface area contributed by atoms with Crippen LogP contribution in [0, 0.1) is 0 Å². The largest absolute Gasteiger partial charge is 0.495 e. The number of aromatic nitrogens is 1. The van der Waals surface area contributed by atoms with Gasteiger partial charge in [-0.25, -0.2) is 4.98 Å². The fraction of sp³-hybridized carbons (Fsp3) is 0.286. The predicted molar refractivity (Wildman–Crippen MR) is 105 cm³/mol. The molecule has 5 nitrogen and oxygen atoms in total. The first-order valence-corrected chi connectivity index (χ1v) is 8.99. The van der Waals surface area contributed by atoms with E-state index in [-0.39, 0.29) is 0 Å². The van der Waals surface area contributed by atoms with Crippen LogP contribution >= 0.6 is 0 Å². The van der Waals surface area contributed by atoms with Gasteiger partial charge in [0.25, 0.3) is 0 Å². The zero-order valence-electron chi connectivity index (χ0n) is 14.9. The Kier molecular flexibility index (Phi) is 4.88. The van der Waals surface area contributed by atoms with Crippen LogP contribution in [0.4, 0.5) is 11.5 Å². The monoisotopic (exact) mass is 349 g/mol. The minimum atomic E-state index is 0.293. The predicted octanol–water partition coefficient (Wildman–Crippen LogP) is 4.12. The molecule has 0 saturated carbocycles. The van der Waals surface area contributed by atoms with Gasteiger partial charge in [-0.15, -0.1) is 0 Å². The van der Waals surface area contributed by atoms with Crippen LogP contribution in [0.1, 0.15) is 12.8 Å². The van der Waals surface area contributed by atoms with E-state index in [2.05, 4.69) is 27.8 Å². The molecule has 0 atom stereocenters. The van der Waals surface area contributed by atoms with Gasteiger partial charge < -0.3 is 20.1 Å². The van der Waals surface area contributed by atoms with Crippen LogP contribution < -0.4 is 20.1 Å². The third-order valence-corrected chi connectivity index (χ3v) is 4.65. The van der Waals surface area contributed by atoms with Crippen molar-refractivity contribution in [1.29, 1.82) is 0 Å². The molecule has 0 unspecified atom stereocenters. The standard InChI is InChI=1S/C21H23N3O2/c1-25-20-5-3-2-4-19(20)24-21-13-16-12-18(7-6-15(16)14-23-21)26-17-8-10-22-11-9-17/h2-7,12-14,17,22H,8-11H2,1H3,(H,23,24). The van der Waals surface area contributed by atoms with E-state index in [1.54, 1.807) is 7.11 Å². The number of para-hydroxylation sites is 2. The molecule has 1 fully saturated rings. The molecule has 4 rings (SSSR count). The lowest BCUT2D eigenvalue weighted by atomic mass is 10.1. The Hall–Kier alpha value is -2.79. The Morgan fingerprint density at radius 1 is 1.04 bits per heavy atom. The van der Waals surface area contributed by atoms with Gasteiger partial charge in [-0.3, -0.25) is 0 Å². The summed E-state index contributed by atoms with van der Waals surface area (Å²) in [4.78, 5) is 4.51. The number of nitrogens with one attached hydrogen (secondary N) is 2. The van der Waals surface area contributed by atoms with E-state index in [0.29, 0.717) is 6.10 Å². The van der Waals surface area contributed by atoms with Gasteiger partial charge in [0.05, 0.1) is 12.8 Å². The molecular formula is C21H23N3O2. The Morgan fingerprint density at radius 3 is 2.73 bits per heavy atom. The zero-order valence-corrected chi connectivity index (χ0v) is 14.9. The van der Waals surface area contributed by atoms with E-state index >= 15 is 0 Å². The third kappa shape index (κ3) is 3.73. The van der Waals surface area contributed by atoms with Gasteiger partial charge >= 0.3 is 0 Å². The normalized spacial score (nSPS) is 15.0. The highest BCUT2D eigenvalue weighted by atomic mass is 16.5. The molecule has 1 aromatic heterocycles. The van der Waals surface area contributed by atoms with Crippen molar-refractivity contribution >= 4 is 22.3 Å². The average Bonchev–Trinajstić information content (AvgIpc) is 2.69. The summed E-state index contributed by atoms with van der Waals surface area (Å²) >= 11 is 0. The van der Waals surface area contributed by atoms with Gasteiger partial charge in [0.1, 0.15) is 23.4 Å². The topological polar surface area (TPSA) is 55.4 Å². The van der Waals surface area contributed by atoms with Crippen molar-refractivity contribution in [1.82, 2.24) is 10.3 Å². The molecule has 2 aromatic carbocycles. The minimum absolute atomic E-state index is 0.293. The molecule has 0 spiro atoms. The van der Waals surface area contributed by atoms with Crippen molar-refractivity contribution < 1.29 is 9.47 Å². The molecule has 2 heterocycles. The molecule has 1 aliphatic heterocycles. The molecule has 0 radical (unpaired) electrons. The average molecular weight is 349 g/mol. The number of ether oxygens (including phenoxy) is 2. The number of methoxy groups -OCH3 is 1. The summed E-state index contributed by atoms with van der Waals surface area (Å²) in [5.74, 6) is 2.48. The van der Waals surface area contributed by atoms with Crippen LogP contribution in [0.2, 0.25) is 0 Å². The number of piperidine rings is 1. The number of benzene rings is 2. The number of hydrogen-bond acceptors (Lipinski definition) is 5. The number of pyridine rings is 1. The van der Waals surface area contributed by atoms with Gasteiger partial charge in [-0.05, 0) is 67.7 Å². The summed E-state index contributed by atoms with van der Waals surface area (Å²) in [5, 5.41) is 8.89. The van der Waals surface area contributed by atoms with Crippen molar-refractivity contribution in [2.45, 2.75) is 18.9 Å². The van der Waals surface area contributed by atoms with E-state index in [4.69, 9.17) is 9.47 Å². The van der Waals surface area contributed by atoms with Gasteiger partial charge in [-0.1, -0.05) is 12.1 Å². The maximum Gasteiger partial charge on any atom is 0.142 e. The lowest BCUT2D eigenvalue weighted by Gasteiger charge is -2.24. The quantitative estimate of drug-likeness (QED) is 0.726. The third-order valence-electron chi connectivity index (χ3n) is 4.65. The second-order valence-electron chi connectivity index (χ2n) is 6.47. The highest BCUT2D eigenvalue weighted by molar-refractivity contribution is 5.86. The summed E-state index contributed by atoms with van der Waals surface area (Å²) in [7, 11) is 1.67. The number of fused-ring (bicyclic) bond motifs is 1. The van der Waals surface area contributed by atoms with Gasteiger partial charge in [0.2, 0.25) is 0 Å². The summed E-state index contributed by atoms with van der Waals surface area (Å²) in [5.41, 5.74) is 0.893. The Labute approximate surface area is 153 Å². The lowest BCUT2D eigenvalue weighted by Crippen LogP contribution is -2.34. The summed E-state index contributed by atoms with van der Waals surface area (Å²) in [6, 6.07) is 16.0. The molecule has 26 heavy (non-hydrogen) atoms. The van der Waals surface area contributed by atoms with E-state index < -0.39 is 0 Å². The van der Waals surface area contributed by atoms with Gasteiger partial charge in [0.15, 0.2) is 0 Å². The molecule has 134 valence electrons. The molecule has 0 amide bonds. The van der Waals surface area contributed by atoms with Crippen LogP contribution in [0.25, 0.3) is 10.8 Å². The first-order chi connectivity index (χ1) is 12.8. The SMILES string of the molecule is COc1ccccc1Nc1cc2cc(OC3CCNCC3)ccc2cn1. The number of hydrogen-bond donors (Lipinski definition) is 2. The molecule has 0 bridgehead atoms. The maximum atomic E-state index is 6.16. The number of nitrogens with zero attached hydrogens (tertiary/aromatic N) is 1. The molecule has 3 aromatic rings. The minimum Gasteiger partial charge on any atom is -0.495 e. The maximum absolute atomic E-state index is 6.16. The fourth-order valence-electron chi connectivity index (χ4n) is 3.25. The Bertz CT molecular complexity index is 891. The summed E-state index contributed by atoms with van der Waals surface area (Å²) < 4.78 is 11.6. The van der Waals surface area contributed by atoms with Crippen LogP contribution in [-0.4, -0.2) is 31.3 Å². The zero-order chi connectivity index (χ0) is 17.8. The van der Waals surface area contributed by atoms with Crippen molar-refractivity contribution in [3.63, 3.8) is 0 Å². The smallest absolute Gasteiger partial charge is 0.142 e. The van der Waals surface area contributed by atoms with Crippen LogP contribution in [0.15, 0.2) is 54.7 Å². The second kappa shape index (κ2) is 7.62. The van der Waals surface area contributed by atoms with Crippen molar-refractivity contribution in [3.8, 4) is 11.5 Å². The van der Waals surface area contributed by atoms with Crippen molar-refractivity contribution in [3.05, 3.63) is 54.7 Å². The lowest BCUT2D eigenvalue weighted by molar-refractivity contribution is 0.162.